The molecule has 0 radical (unpaired) electrons. The van der Waals surface area contributed by atoms with E-state index in [4.69, 9.17) is 0 Å². The van der Waals surface area contributed by atoms with Gasteiger partial charge in [0.1, 0.15) is 0 Å². The molecule has 2 aromatic rings. The minimum Gasteiger partial charge on any atom is -0.352 e. The van der Waals surface area contributed by atoms with Gasteiger partial charge in [-0.1, -0.05) is 43.3 Å². The van der Waals surface area contributed by atoms with Crippen molar-refractivity contribution < 1.29 is 9.59 Å². The van der Waals surface area contributed by atoms with E-state index in [1.165, 1.54) is 11.1 Å². The summed E-state index contributed by atoms with van der Waals surface area (Å²) in [4.78, 5) is 29.6. The van der Waals surface area contributed by atoms with Gasteiger partial charge in [0.05, 0.1) is 5.92 Å². The second-order valence-electron chi connectivity index (χ2n) is 9.20. The van der Waals surface area contributed by atoms with Crippen molar-refractivity contribution in [2.75, 3.05) is 39.3 Å². The van der Waals surface area contributed by atoms with Crippen LogP contribution in [-0.4, -0.2) is 60.9 Å². The zero-order chi connectivity index (χ0) is 24.3. The lowest BCUT2D eigenvalue weighted by atomic mass is 9.96. The zero-order valence-corrected chi connectivity index (χ0v) is 21.2. The molecule has 1 atom stereocenters. The third kappa shape index (κ3) is 6.92. The lowest BCUT2D eigenvalue weighted by molar-refractivity contribution is -0.137. The Bertz CT molecular complexity index is 921. The number of nitrogens with zero attached hydrogens (tertiary/aromatic N) is 2. The van der Waals surface area contributed by atoms with Gasteiger partial charge in [0.15, 0.2) is 0 Å². The quantitative estimate of drug-likeness (QED) is 0.477. The second kappa shape index (κ2) is 13.3. The second-order valence-corrected chi connectivity index (χ2v) is 9.20. The van der Waals surface area contributed by atoms with Crippen molar-refractivity contribution in [3.05, 3.63) is 59.7 Å². The summed E-state index contributed by atoms with van der Waals surface area (Å²) >= 11 is 0. The zero-order valence-electron chi connectivity index (χ0n) is 21.2. The fourth-order valence-electron chi connectivity index (χ4n) is 4.93. The summed E-state index contributed by atoms with van der Waals surface area (Å²) < 4.78 is 0. The fourth-order valence-corrected chi connectivity index (χ4v) is 4.93. The monoisotopic (exact) mass is 463 g/mol. The van der Waals surface area contributed by atoms with Gasteiger partial charge in [0.25, 0.3) is 5.91 Å². The lowest BCUT2D eigenvalue weighted by Gasteiger charge is -2.34. The summed E-state index contributed by atoms with van der Waals surface area (Å²) in [5.41, 5.74) is 4.40. The smallest absolute Gasteiger partial charge is 0.251 e. The first kappa shape index (κ1) is 26.0. The van der Waals surface area contributed by atoms with Crippen molar-refractivity contribution in [3.63, 3.8) is 0 Å². The van der Waals surface area contributed by atoms with Gasteiger partial charge in [-0.15, -0.1) is 0 Å². The van der Waals surface area contributed by atoms with Gasteiger partial charge in [-0.25, -0.2) is 0 Å². The van der Waals surface area contributed by atoms with Gasteiger partial charge in [-0.2, -0.15) is 0 Å². The van der Waals surface area contributed by atoms with Crippen LogP contribution >= 0.6 is 0 Å². The van der Waals surface area contributed by atoms with E-state index in [9.17, 15) is 9.59 Å². The molecule has 0 saturated carbocycles. The molecule has 34 heavy (non-hydrogen) atoms. The van der Waals surface area contributed by atoms with Gasteiger partial charge in [0.2, 0.25) is 5.91 Å². The lowest BCUT2D eigenvalue weighted by Crippen LogP contribution is -2.45. The minimum atomic E-state index is -0.0156. The van der Waals surface area contributed by atoms with Crippen molar-refractivity contribution in [1.82, 2.24) is 15.1 Å². The van der Waals surface area contributed by atoms with Crippen LogP contribution in [0.3, 0.4) is 0 Å². The molecule has 1 aliphatic rings. The molecule has 1 saturated heterocycles. The van der Waals surface area contributed by atoms with Crippen molar-refractivity contribution >= 4 is 11.8 Å². The van der Waals surface area contributed by atoms with E-state index in [0.29, 0.717) is 18.0 Å². The highest BCUT2D eigenvalue weighted by Gasteiger charge is 2.27. The van der Waals surface area contributed by atoms with Crippen LogP contribution in [0.4, 0.5) is 0 Å². The third-order valence-electron chi connectivity index (χ3n) is 6.97. The number of rotatable bonds is 11. The van der Waals surface area contributed by atoms with Crippen molar-refractivity contribution in [2.45, 2.75) is 52.9 Å². The van der Waals surface area contributed by atoms with Crippen LogP contribution in [0.5, 0.6) is 0 Å². The highest BCUT2D eigenvalue weighted by molar-refractivity contribution is 5.94. The van der Waals surface area contributed by atoms with Crippen LogP contribution in [0.15, 0.2) is 48.5 Å². The number of nitrogens with one attached hydrogen (secondary N) is 1. The van der Waals surface area contributed by atoms with E-state index >= 15 is 0 Å². The van der Waals surface area contributed by atoms with Gasteiger partial charge in [-0.05, 0) is 87.9 Å². The van der Waals surface area contributed by atoms with Crippen LogP contribution in [0, 0.1) is 5.92 Å². The van der Waals surface area contributed by atoms with Gasteiger partial charge >= 0.3 is 0 Å². The Morgan fingerprint density at radius 2 is 1.74 bits per heavy atom. The molecule has 0 aliphatic carbocycles. The topological polar surface area (TPSA) is 52.7 Å². The van der Waals surface area contributed by atoms with Crippen LogP contribution in [0.2, 0.25) is 0 Å². The normalized spacial score (nSPS) is 16.3. The summed E-state index contributed by atoms with van der Waals surface area (Å²) in [6, 6.07) is 16.3. The maximum atomic E-state index is 12.7. The van der Waals surface area contributed by atoms with Crippen LogP contribution in [-0.2, 0) is 11.2 Å². The number of aryl methyl sites for hydroxylation is 1. The van der Waals surface area contributed by atoms with Crippen LogP contribution < -0.4 is 5.32 Å². The summed E-state index contributed by atoms with van der Waals surface area (Å²) in [7, 11) is 0. The average molecular weight is 464 g/mol. The largest absolute Gasteiger partial charge is 0.352 e. The molecular weight excluding hydrogens is 422 g/mol. The number of hydrogen-bond acceptors (Lipinski definition) is 3. The number of benzene rings is 2. The van der Waals surface area contributed by atoms with E-state index in [2.05, 4.69) is 55.3 Å². The molecule has 1 unspecified atom stereocenters. The van der Waals surface area contributed by atoms with E-state index in [1.54, 1.807) is 0 Å². The number of piperidine rings is 1. The Labute approximate surface area is 205 Å². The summed E-state index contributed by atoms with van der Waals surface area (Å²) in [6.07, 6.45) is 5.05. The molecule has 2 aromatic carbocycles. The molecule has 1 heterocycles. The number of carbonyl (C=O) groups excluding carboxylic acids is 2. The molecule has 3 rings (SSSR count). The fraction of sp³-hybridized carbons (Fsp3) is 0.517. The van der Waals surface area contributed by atoms with Crippen LogP contribution in [0.1, 0.15) is 62.4 Å². The maximum Gasteiger partial charge on any atom is 0.251 e. The number of amides is 2. The van der Waals surface area contributed by atoms with Gasteiger partial charge in [-0.3, -0.25) is 9.59 Å². The van der Waals surface area contributed by atoms with E-state index in [-0.39, 0.29) is 11.8 Å². The highest BCUT2D eigenvalue weighted by Crippen LogP contribution is 2.24. The van der Waals surface area contributed by atoms with Crippen LogP contribution in [0.25, 0.3) is 11.1 Å². The molecule has 184 valence electrons. The predicted octanol–water partition coefficient (Wildman–Crippen LogP) is 5.01. The number of unbranched alkanes of at least 4 members (excludes halogenated alkanes) is 1. The molecule has 0 bridgehead atoms. The van der Waals surface area contributed by atoms with Crippen molar-refractivity contribution in [1.29, 1.82) is 0 Å². The van der Waals surface area contributed by atoms with Crippen molar-refractivity contribution in [2.24, 2.45) is 5.92 Å². The summed E-state index contributed by atoms with van der Waals surface area (Å²) in [5.74, 6) is 0.435. The third-order valence-corrected chi connectivity index (χ3v) is 6.97. The Kier molecular flexibility index (Phi) is 10.1. The maximum absolute atomic E-state index is 12.7. The average Bonchev–Trinajstić information content (AvgIpc) is 2.89. The first-order valence-electron chi connectivity index (χ1n) is 13.0. The summed E-state index contributed by atoms with van der Waals surface area (Å²) in [5, 5.41) is 3.06. The Morgan fingerprint density at radius 1 is 1.00 bits per heavy atom. The standard InChI is InChI=1S/C29H41N3O2/c1-4-23-12-7-8-14-27(23)24-15-17-25(18-16-24)28(33)30-19-9-10-20-31-21-11-13-26(22-31)29(34)32(5-2)6-3/h7-8,12,14-18,26H,4-6,9-11,13,19-22H2,1-3H3,(H,30,33). The van der Waals surface area contributed by atoms with Gasteiger partial charge < -0.3 is 15.1 Å². The van der Waals surface area contributed by atoms with E-state index < -0.39 is 0 Å². The minimum absolute atomic E-state index is 0.0156. The Balaban J connectivity index is 1.39. The molecule has 1 aliphatic heterocycles. The number of hydrogen-bond donors (Lipinski definition) is 1. The molecule has 2 amide bonds. The van der Waals surface area contributed by atoms with Gasteiger partial charge in [0, 0.05) is 31.7 Å². The number of likely N-dealkylation sites (tertiary alicyclic amines) is 1. The SMILES string of the molecule is CCc1ccccc1-c1ccc(C(=O)NCCCCN2CCCC(C(=O)N(CC)CC)C2)cc1. The molecule has 5 nitrogen and oxygen atoms in total. The van der Waals surface area contributed by atoms with E-state index in [1.807, 2.05) is 29.2 Å². The first-order chi connectivity index (χ1) is 16.6. The Hall–Kier alpha value is -2.66. The number of carbonyl (C=O) groups is 2. The predicted molar refractivity (Wildman–Crippen MR) is 140 cm³/mol. The molecule has 5 heteroatoms. The van der Waals surface area contributed by atoms with E-state index in [0.717, 1.165) is 70.4 Å². The molecule has 1 N–H and O–H groups in total. The molecule has 0 spiro atoms. The molecular formula is C29H41N3O2. The Morgan fingerprint density at radius 3 is 2.44 bits per heavy atom. The summed E-state index contributed by atoms with van der Waals surface area (Å²) in [6.45, 7) is 11.5. The molecule has 1 fully saturated rings. The first-order valence-corrected chi connectivity index (χ1v) is 13.0. The highest BCUT2D eigenvalue weighted by atomic mass is 16.2. The van der Waals surface area contributed by atoms with Crippen molar-refractivity contribution in [3.8, 4) is 11.1 Å². The molecule has 0 aromatic heterocycles.